The number of nitrogens with two attached hydrogens (primary N) is 1. The van der Waals surface area contributed by atoms with E-state index in [1.807, 2.05) is 6.07 Å². The zero-order valence-corrected chi connectivity index (χ0v) is 10.1. The van der Waals surface area contributed by atoms with Crippen molar-refractivity contribution in [2.45, 2.75) is 19.4 Å². The van der Waals surface area contributed by atoms with E-state index in [-0.39, 0.29) is 0 Å². The fourth-order valence-corrected chi connectivity index (χ4v) is 2.49. The lowest BCUT2D eigenvalue weighted by Crippen LogP contribution is -2.26. The van der Waals surface area contributed by atoms with Crippen molar-refractivity contribution >= 4 is 16.7 Å². The van der Waals surface area contributed by atoms with Crippen LogP contribution in [0.3, 0.4) is 0 Å². The molecule has 1 aromatic carbocycles. The molecule has 0 spiro atoms. The Labute approximate surface area is 101 Å². The van der Waals surface area contributed by atoms with Crippen LogP contribution in [0.15, 0.2) is 30.3 Å². The maximum Gasteiger partial charge on any atom is 0.129 e. The largest absolute Gasteiger partial charge is 0.355 e. The van der Waals surface area contributed by atoms with Gasteiger partial charge in [-0.3, -0.25) is 0 Å². The molecule has 2 aromatic rings. The lowest BCUT2D eigenvalue weighted by molar-refractivity contribution is 0.751. The molecule has 1 unspecified atom stereocenters. The van der Waals surface area contributed by atoms with Crippen molar-refractivity contribution in [3.8, 4) is 0 Å². The van der Waals surface area contributed by atoms with Crippen LogP contribution in [0, 0.1) is 6.92 Å². The normalized spacial score (nSPS) is 20.1. The van der Waals surface area contributed by atoms with Crippen molar-refractivity contribution in [1.82, 2.24) is 4.98 Å². The average Bonchev–Trinajstić information content (AvgIpc) is 2.76. The number of benzene rings is 1. The maximum atomic E-state index is 5.94. The van der Waals surface area contributed by atoms with Gasteiger partial charge in [-0.2, -0.15) is 0 Å². The predicted molar refractivity (Wildman–Crippen MR) is 71.3 cm³/mol. The first kappa shape index (κ1) is 10.5. The number of rotatable bonds is 1. The highest BCUT2D eigenvalue weighted by Gasteiger charge is 2.20. The summed E-state index contributed by atoms with van der Waals surface area (Å²) in [6.07, 6.45) is 1.06. The molecule has 0 bridgehead atoms. The minimum absolute atomic E-state index is 0.295. The lowest BCUT2D eigenvalue weighted by atomic mass is 10.1. The first-order chi connectivity index (χ1) is 8.24. The zero-order chi connectivity index (χ0) is 11.8. The highest BCUT2D eigenvalue weighted by Crippen LogP contribution is 2.24. The molecule has 1 aliphatic rings. The van der Waals surface area contributed by atoms with E-state index in [1.165, 1.54) is 10.9 Å². The molecular formula is C14H17N3. The molecule has 88 valence electrons. The van der Waals surface area contributed by atoms with Gasteiger partial charge >= 0.3 is 0 Å². The molecule has 1 saturated heterocycles. The fraction of sp³-hybridized carbons (Fsp3) is 0.357. The molecule has 1 fully saturated rings. The van der Waals surface area contributed by atoms with E-state index in [9.17, 15) is 0 Å². The molecule has 3 nitrogen and oxygen atoms in total. The van der Waals surface area contributed by atoms with Gasteiger partial charge in [-0.05, 0) is 31.0 Å². The number of aryl methyl sites for hydroxylation is 1. The summed E-state index contributed by atoms with van der Waals surface area (Å²) in [5, 5.41) is 1.24. The third-order valence-corrected chi connectivity index (χ3v) is 3.46. The second kappa shape index (κ2) is 4.00. The first-order valence-corrected chi connectivity index (χ1v) is 6.11. The van der Waals surface area contributed by atoms with Crippen LogP contribution in [0.1, 0.15) is 12.0 Å². The van der Waals surface area contributed by atoms with Crippen molar-refractivity contribution in [2.75, 3.05) is 18.0 Å². The van der Waals surface area contributed by atoms with Gasteiger partial charge in [0.1, 0.15) is 5.82 Å². The summed E-state index contributed by atoms with van der Waals surface area (Å²) in [4.78, 5) is 7.00. The Morgan fingerprint density at radius 3 is 2.94 bits per heavy atom. The molecule has 1 atom stereocenters. The van der Waals surface area contributed by atoms with E-state index in [2.05, 4.69) is 36.1 Å². The Morgan fingerprint density at radius 1 is 1.35 bits per heavy atom. The molecule has 3 heteroatoms. The van der Waals surface area contributed by atoms with E-state index in [0.717, 1.165) is 30.8 Å². The number of pyridine rings is 1. The third-order valence-electron chi connectivity index (χ3n) is 3.46. The van der Waals surface area contributed by atoms with Crippen LogP contribution in [-0.4, -0.2) is 24.1 Å². The van der Waals surface area contributed by atoms with Crippen molar-refractivity contribution in [1.29, 1.82) is 0 Å². The van der Waals surface area contributed by atoms with Crippen molar-refractivity contribution < 1.29 is 0 Å². The van der Waals surface area contributed by atoms with Gasteiger partial charge < -0.3 is 10.6 Å². The summed E-state index contributed by atoms with van der Waals surface area (Å²) < 4.78 is 0. The molecule has 2 N–H and O–H groups in total. The quantitative estimate of drug-likeness (QED) is 0.811. The fourth-order valence-electron chi connectivity index (χ4n) is 2.49. The minimum atomic E-state index is 0.295. The summed E-state index contributed by atoms with van der Waals surface area (Å²) >= 11 is 0. The number of hydrogen-bond acceptors (Lipinski definition) is 3. The second-order valence-electron chi connectivity index (χ2n) is 4.81. The Balaban J connectivity index is 2.06. The molecule has 2 heterocycles. The van der Waals surface area contributed by atoms with Gasteiger partial charge in [0.15, 0.2) is 0 Å². The van der Waals surface area contributed by atoms with Crippen LogP contribution in [0.5, 0.6) is 0 Å². The van der Waals surface area contributed by atoms with Gasteiger partial charge in [-0.15, -0.1) is 0 Å². The van der Waals surface area contributed by atoms with Crippen LogP contribution in [0.25, 0.3) is 10.9 Å². The summed E-state index contributed by atoms with van der Waals surface area (Å²) in [5.74, 6) is 1.06. The topological polar surface area (TPSA) is 42.1 Å². The van der Waals surface area contributed by atoms with Crippen LogP contribution in [0.2, 0.25) is 0 Å². The molecule has 3 rings (SSSR count). The Bertz CT molecular complexity index is 550. The predicted octanol–water partition coefficient (Wildman–Crippen LogP) is 2.08. The van der Waals surface area contributed by atoms with Crippen molar-refractivity contribution in [3.63, 3.8) is 0 Å². The Hall–Kier alpha value is -1.61. The lowest BCUT2D eigenvalue weighted by Gasteiger charge is -2.18. The van der Waals surface area contributed by atoms with E-state index in [1.54, 1.807) is 0 Å². The Morgan fingerprint density at radius 2 is 2.18 bits per heavy atom. The molecule has 0 radical (unpaired) electrons. The zero-order valence-electron chi connectivity index (χ0n) is 10.1. The number of para-hydroxylation sites is 1. The van der Waals surface area contributed by atoms with Crippen LogP contribution >= 0.6 is 0 Å². The van der Waals surface area contributed by atoms with Gasteiger partial charge in [0, 0.05) is 24.5 Å². The number of anilines is 1. The third kappa shape index (κ3) is 1.87. The summed E-state index contributed by atoms with van der Waals surface area (Å²) in [6.45, 7) is 4.08. The van der Waals surface area contributed by atoms with E-state index in [0.29, 0.717) is 6.04 Å². The molecule has 17 heavy (non-hydrogen) atoms. The summed E-state index contributed by atoms with van der Waals surface area (Å²) in [5.41, 5.74) is 8.30. The standard InChI is InChI=1S/C14H17N3/c1-10-8-14(17-7-6-11(15)9-17)16-13-5-3-2-4-12(10)13/h2-5,8,11H,6-7,9,15H2,1H3. The molecule has 1 aromatic heterocycles. The van der Waals surface area contributed by atoms with Gasteiger partial charge in [0.05, 0.1) is 5.52 Å². The monoisotopic (exact) mass is 227 g/mol. The van der Waals surface area contributed by atoms with E-state index in [4.69, 9.17) is 10.7 Å². The second-order valence-corrected chi connectivity index (χ2v) is 4.81. The molecular weight excluding hydrogens is 210 g/mol. The molecule has 0 saturated carbocycles. The van der Waals surface area contributed by atoms with Crippen molar-refractivity contribution in [2.24, 2.45) is 5.73 Å². The SMILES string of the molecule is Cc1cc(N2CCC(N)C2)nc2ccccc12. The summed E-state index contributed by atoms with van der Waals surface area (Å²) in [7, 11) is 0. The van der Waals surface area contributed by atoms with Crippen LogP contribution in [-0.2, 0) is 0 Å². The Kier molecular flexibility index (Phi) is 2.48. The van der Waals surface area contributed by atoms with Gasteiger partial charge in [-0.1, -0.05) is 18.2 Å². The molecule has 0 aliphatic carbocycles. The van der Waals surface area contributed by atoms with Gasteiger partial charge in [0.2, 0.25) is 0 Å². The smallest absolute Gasteiger partial charge is 0.129 e. The number of fused-ring (bicyclic) bond motifs is 1. The van der Waals surface area contributed by atoms with Gasteiger partial charge in [0.25, 0.3) is 0 Å². The first-order valence-electron chi connectivity index (χ1n) is 6.11. The highest BCUT2D eigenvalue weighted by atomic mass is 15.2. The highest BCUT2D eigenvalue weighted by molar-refractivity contribution is 5.83. The number of nitrogens with zero attached hydrogens (tertiary/aromatic N) is 2. The minimum Gasteiger partial charge on any atom is -0.355 e. The molecule has 1 aliphatic heterocycles. The maximum absolute atomic E-state index is 5.94. The van der Waals surface area contributed by atoms with Crippen LogP contribution < -0.4 is 10.6 Å². The summed E-state index contributed by atoms with van der Waals surface area (Å²) in [6, 6.07) is 10.7. The number of aromatic nitrogens is 1. The van der Waals surface area contributed by atoms with Gasteiger partial charge in [-0.25, -0.2) is 4.98 Å². The molecule has 0 amide bonds. The average molecular weight is 227 g/mol. The van der Waals surface area contributed by atoms with Crippen LogP contribution in [0.4, 0.5) is 5.82 Å². The van der Waals surface area contributed by atoms with E-state index >= 15 is 0 Å². The van der Waals surface area contributed by atoms with Crippen molar-refractivity contribution in [3.05, 3.63) is 35.9 Å². The number of hydrogen-bond donors (Lipinski definition) is 1. The van der Waals surface area contributed by atoms with E-state index < -0.39 is 0 Å².